The molecule has 0 spiro atoms. The van der Waals surface area contributed by atoms with Gasteiger partial charge in [-0.2, -0.15) is 4.31 Å². The van der Waals surface area contributed by atoms with Crippen LogP contribution in [-0.2, 0) is 16.6 Å². The van der Waals surface area contributed by atoms with E-state index in [0.717, 1.165) is 18.4 Å². The summed E-state index contributed by atoms with van der Waals surface area (Å²) in [5.41, 5.74) is 6.97. The Morgan fingerprint density at radius 1 is 1.16 bits per heavy atom. The molecular formula is C21H22N4O5S. The molecule has 0 aliphatic carbocycles. The standard InChI is InChI=1S/C21H22N4O5S/c1-14-6-9-25-19(10-14)23-15(11-20(25)26)13-30-18-5-4-16(12-17(18)21(22)27)31(28,29)24-7-2-3-8-24/h4-6,9-12H,2-3,7-8,13H2,1H3,(H2,22,27). The maximum absolute atomic E-state index is 12.8. The van der Waals surface area contributed by atoms with Crippen molar-refractivity contribution in [3.8, 4) is 5.75 Å². The predicted molar refractivity (Wildman–Crippen MR) is 113 cm³/mol. The number of carbonyl (C=O) groups is 1. The molecule has 1 aromatic carbocycles. The Bertz CT molecular complexity index is 1330. The molecule has 0 atom stereocenters. The van der Waals surface area contributed by atoms with E-state index in [1.54, 1.807) is 12.3 Å². The number of benzene rings is 1. The van der Waals surface area contributed by atoms with Crippen LogP contribution in [0.4, 0.5) is 0 Å². The van der Waals surface area contributed by atoms with Crippen molar-refractivity contribution in [1.82, 2.24) is 13.7 Å². The van der Waals surface area contributed by atoms with Gasteiger partial charge in [0.05, 0.1) is 16.2 Å². The first kappa shape index (κ1) is 21.0. The molecule has 31 heavy (non-hydrogen) atoms. The number of pyridine rings is 1. The molecule has 9 nitrogen and oxygen atoms in total. The molecule has 0 saturated carbocycles. The highest BCUT2D eigenvalue weighted by Crippen LogP contribution is 2.27. The van der Waals surface area contributed by atoms with Gasteiger partial charge in [0.15, 0.2) is 0 Å². The first-order chi connectivity index (χ1) is 14.8. The van der Waals surface area contributed by atoms with Crippen LogP contribution in [0, 0.1) is 6.92 Å². The van der Waals surface area contributed by atoms with Gasteiger partial charge in [0.1, 0.15) is 18.0 Å². The number of sulfonamides is 1. The van der Waals surface area contributed by atoms with E-state index < -0.39 is 15.9 Å². The highest BCUT2D eigenvalue weighted by Gasteiger charge is 2.28. The number of aryl methyl sites for hydroxylation is 1. The van der Waals surface area contributed by atoms with Gasteiger partial charge in [-0.1, -0.05) is 0 Å². The molecule has 1 aliphatic heterocycles. The second-order valence-corrected chi connectivity index (χ2v) is 9.38. The summed E-state index contributed by atoms with van der Waals surface area (Å²) in [6.45, 7) is 2.72. The lowest BCUT2D eigenvalue weighted by molar-refractivity contribution is 0.0995. The van der Waals surface area contributed by atoms with Crippen LogP contribution in [0.15, 0.2) is 52.3 Å². The van der Waals surface area contributed by atoms with Crippen molar-refractivity contribution in [3.63, 3.8) is 0 Å². The van der Waals surface area contributed by atoms with E-state index in [1.807, 2.05) is 13.0 Å². The number of fused-ring (bicyclic) bond motifs is 1. The lowest BCUT2D eigenvalue weighted by Crippen LogP contribution is -2.28. The summed E-state index contributed by atoms with van der Waals surface area (Å²) in [5, 5.41) is 0. The van der Waals surface area contributed by atoms with Crippen molar-refractivity contribution in [2.75, 3.05) is 13.1 Å². The zero-order valence-corrected chi connectivity index (χ0v) is 17.8. The summed E-state index contributed by atoms with van der Waals surface area (Å²) in [6, 6.07) is 8.96. The summed E-state index contributed by atoms with van der Waals surface area (Å²) in [5.74, 6) is -0.685. The highest BCUT2D eigenvalue weighted by molar-refractivity contribution is 7.89. The van der Waals surface area contributed by atoms with Gasteiger partial charge in [-0.05, 0) is 55.7 Å². The minimum Gasteiger partial charge on any atom is -0.486 e. The molecule has 0 unspecified atom stereocenters. The Hall–Kier alpha value is -3.24. The zero-order valence-electron chi connectivity index (χ0n) is 16.9. The van der Waals surface area contributed by atoms with Gasteiger partial charge in [-0.25, -0.2) is 13.4 Å². The molecule has 3 heterocycles. The first-order valence-corrected chi connectivity index (χ1v) is 11.3. The molecule has 2 N–H and O–H groups in total. The number of nitrogens with zero attached hydrogens (tertiary/aromatic N) is 3. The number of hydrogen-bond donors (Lipinski definition) is 1. The molecule has 1 fully saturated rings. The Morgan fingerprint density at radius 3 is 2.61 bits per heavy atom. The van der Waals surface area contributed by atoms with Crippen molar-refractivity contribution < 1.29 is 17.9 Å². The molecule has 1 aliphatic rings. The van der Waals surface area contributed by atoms with Gasteiger partial charge < -0.3 is 10.5 Å². The van der Waals surface area contributed by atoms with Crippen LogP contribution in [0.1, 0.15) is 34.5 Å². The van der Waals surface area contributed by atoms with E-state index in [2.05, 4.69) is 4.98 Å². The maximum Gasteiger partial charge on any atom is 0.258 e. The number of nitrogens with two attached hydrogens (primary N) is 1. The number of aromatic nitrogens is 2. The van der Waals surface area contributed by atoms with E-state index in [9.17, 15) is 18.0 Å². The minimum absolute atomic E-state index is 0.00639. The number of amides is 1. The number of ether oxygens (including phenoxy) is 1. The van der Waals surface area contributed by atoms with Gasteiger partial charge in [-0.15, -0.1) is 0 Å². The number of carbonyl (C=O) groups excluding carboxylic acids is 1. The van der Waals surface area contributed by atoms with Crippen LogP contribution >= 0.6 is 0 Å². The Kier molecular flexibility index (Phi) is 5.50. The molecule has 0 bridgehead atoms. The molecule has 1 saturated heterocycles. The molecule has 2 aromatic heterocycles. The topological polar surface area (TPSA) is 124 Å². The summed E-state index contributed by atoms with van der Waals surface area (Å²) in [6.07, 6.45) is 3.26. The smallest absolute Gasteiger partial charge is 0.258 e. The van der Waals surface area contributed by atoms with Crippen LogP contribution in [-0.4, -0.2) is 41.1 Å². The van der Waals surface area contributed by atoms with Gasteiger partial charge >= 0.3 is 0 Å². The lowest BCUT2D eigenvalue weighted by Gasteiger charge is -2.17. The van der Waals surface area contributed by atoms with Crippen LogP contribution in [0.2, 0.25) is 0 Å². The van der Waals surface area contributed by atoms with Crippen LogP contribution in [0.5, 0.6) is 5.75 Å². The SMILES string of the molecule is Cc1ccn2c(=O)cc(COc3ccc(S(=O)(=O)N4CCCC4)cc3C(N)=O)nc2c1. The molecule has 162 valence electrons. The minimum atomic E-state index is -3.70. The summed E-state index contributed by atoms with van der Waals surface area (Å²) in [4.78, 5) is 28.7. The maximum atomic E-state index is 12.8. The molecule has 4 rings (SSSR count). The van der Waals surface area contributed by atoms with Crippen LogP contribution < -0.4 is 16.0 Å². The van der Waals surface area contributed by atoms with Crippen LogP contribution in [0.3, 0.4) is 0 Å². The van der Waals surface area contributed by atoms with E-state index in [0.29, 0.717) is 24.4 Å². The number of primary amides is 1. The normalized spacial score (nSPS) is 14.7. The van der Waals surface area contributed by atoms with E-state index in [-0.39, 0.29) is 28.4 Å². The zero-order chi connectivity index (χ0) is 22.2. The van der Waals surface area contributed by atoms with Crippen molar-refractivity contribution in [3.05, 3.63) is 69.8 Å². The fourth-order valence-corrected chi connectivity index (χ4v) is 5.09. The van der Waals surface area contributed by atoms with Crippen molar-refractivity contribution >= 4 is 21.6 Å². The Labute approximate surface area is 179 Å². The monoisotopic (exact) mass is 442 g/mol. The summed E-state index contributed by atoms with van der Waals surface area (Å²) < 4.78 is 34.1. The molecule has 0 radical (unpaired) electrons. The third-order valence-corrected chi connectivity index (χ3v) is 7.07. The van der Waals surface area contributed by atoms with E-state index in [1.165, 1.54) is 33.0 Å². The molecular weight excluding hydrogens is 420 g/mol. The van der Waals surface area contributed by atoms with Gasteiger partial charge in [-0.3, -0.25) is 14.0 Å². The van der Waals surface area contributed by atoms with E-state index >= 15 is 0 Å². The second kappa shape index (κ2) is 8.12. The summed E-state index contributed by atoms with van der Waals surface area (Å²) >= 11 is 0. The highest BCUT2D eigenvalue weighted by atomic mass is 32.2. The lowest BCUT2D eigenvalue weighted by atomic mass is 10.2. The molecule has 10 heteroatoms. The Morgan fingerprint density at radius 2 is 1.90 bits per heavy atom. The summed E-state index contributed by atoms with van der Waals surface area (Å²) in [7, 11) is -3.70. The van der Waals surface area contributed by atoms with Gasteiger partial charge in [0.2, 0.25) is 10.0 Å². The quantitative estimate of drug-likeness (QED) is 0.616. The van der Waals surface area contributed by atoms with Gasteiger partial charge in [0, 0.05) is 25.4 Å². The Balaban J connectivity index is 1.62. The van der Waals surface area contributed by atoms with Crippen molar-refractivity contribution in [1.29, 1.82) is 0 Å². The third kappa shape index (κ3) is 4.17. The average molecular weight is 442 g/mol. The largest absolute Gasteiger partial charge is 0.486 e. The first-order valence-electron chi connectivity index (χ1n) is 9.81. The van der Waals surface area contributed by atoms with Crippen molar-refractivity contribution in [2.45, 2.75) is 31.3 Å². The molecule has 3 aromatic rings. The van der Waals surface area contributed by atoms with Crippen LogP contribution in [0.25, 0.3) is 5.65 Å². The predicted octanol–water partition coefficient (Wildman–Crippen LogP) is 1.47. The fourth-order valence-electron chi connectivity index (χ4n) is 3.54. The van der Waals surface area contributed by atoms with Crippen molar-refractivity contribution in [2.24, 2.45) is 5.73 Å². The van der Waals surface area contributed by atoms with E-state index in [4.69, 9.17) is 10.5 Å². The van der Waals surface area contributed by atoms with Gasteiger partial charge in [0.25, 0.3) is 11.5 Å². The second-order valence-electron chi connectivity index (χ2n) is 7.44. The fraction of sp³-hybridized carbons (Fsp3) is 0.286. The third-order valence-electron chi connectivity index (χ3n) is 5.17. The number of rotatable bonds is 6. The molecule has 1 amide bonds. The average Bonchev–Trinajstić information content (AvgIpc) is 3.27. The number of hydrogen-bond acceptors (Lipinski definition) is 6.